The number of halogens is 1. The topological polar surface area (TPSA) is 49.2 Å². The zero-order chi connectivity index (χ0) is 18.2. The molecule has 0 aliphatic carbocycles. The fraction of sp³-hybridized carbons (Fsp3) is 0.632. The number of benzene rings is 1. The van der Waals surface area contributed by atoms with Gasteiger partial charge in [-0.3, -0.25) is 4.90 Å². The highest BCUT2D eigenvalue weighted by Crippen LogP contribution is 2.25. The minimum atomic E-state index is -0.341. The molecule has 0 amide bonds. The standard InChI is InChI=1S/C19H26ClNO4/c1-12(2)16-21-17(13(3)4)24-10-19(21,9-23-16)11-25-18(22)14-5-7-15(20)8-6-14/h5-8,12-13,16-17H,9-11H2,1-4H3/p+1/t16-,17-/m0/s1. The molecule has 25 heavy (non-hydrogen) atoms. The first-order valence-electron chi connectivity index (χ1n) is 8.87. The summed E-state index contributed by atoms with van der Waals surface area (Å²) in [5.74, 6) is 0.393. The van der Waals surface area contributed by atoms with Crippen LogP contribution in [-0.2, 0) is 14.2 Å². The maximum atomic E-state index is 12.4. The van der Waals surface area contributed by atoms with Crippen molar-refractivity contribution in [3.8, 4) is 0 Å². The number of hydrogen-bond acceptors (Lipinski definition) is 4. The number of fused-ring (bicyclic) bond motifs is 1. The largest absolute Gasteiger partial charge is 0.455 e. The van der Waals surface area contributed by atoms with Gasteiger partial charge in [-0.15, -0.1) is 0 Å². The minimum absolute atomic E-state index is 0.0594. The molecule has 2 aliphatic heterocycles. The minimum Gasteiger partial charge on any atom is -0.455 e. The average molecular weight is 369 g/mol. The summed E-state index contributed by atoms with van der Waals surface area (Å²) in [6.45, 7) is 10.00. The van der Waals surface area contributed by atoms with Crippen LogP contribution in [-0.4, -0.2) is 43.8 Å². The van der Waals surface area contributed by atoms with Crippen molar-refractivity contribution in [2.24, 2.45) is 11.8 Å². The molecule has 0 saturated carbocycles. The molecule has 2 heterocycles. The summed E-state index contributed by atoms with van der Waals surface area (Å²) in [7, 11) is 0. The van der Waals surface area contributed by atoms with Crippen LogP contribution in [0.5, 0.6) is 0 Å². The van der Waals surface area contributed by atoms with Gasteiger partial charge in [0.2, 0.25) is 0 Å². The van der Waals surface area contributed by atoms with Crippen LogP contribution in [0.3, 0.4) is 0 Å². The Morgan fingerprint density at radius 3 is 2.16 bits per heavy atom. The SMILES string of the molecule is CC(C)[C@@H]1OCC2(COC(=O)c3ccc(Cl)cc3)CO[C@@H](C(C)C)[NH+]12. The molecular weight excluding hydrogens is 342 g/mol. The Labute approximate surface area is 154 Å². The Bertz CT molecular complexity index is 596. The molecule has 1 aromatic carbocycles. The number of quaternary nitrogens is 1. The van der Waals surface area contributed by atoms with E-state index in [2.05, 4.69) is 27.7 Å². The van der Waals surface area contributed by atoms with Crippen molar-refractivity contribution in [2.45, 2.75) is 45.7 Å². The molecule has 5 nitrogen and oxygen atoms in total. The molecule has 3 rings (SSSR count). The summed E-state index contributed by atoms with van der Waals surface area (Å²) in [6, 6.07) is 6.73. The van der Waals surface area contributed by atoms with E-state index in [1.54, 1.807) is 24.3 Å². The summed E-state index contributed by atoms with van der Waals surface area (Å²) >= 11 is 5.87. The van der Waals surface area contributed by atoms with Crippen molar-refractivity contribution in [3.05, 3.63) is 34.9 Å². The highest BCUT2D eigenvalue weighted by atomic mass is 35.5. The van der Waals surface area contributed by atoms with Gasteiger partial charge in [-0.2, -0.15) is 0 Å². The fourth-order valence-corrected chi connectivity index (χ4v) is 3.92. The van der Waals surface area contributed by atoms with Crippen molar-refractivity contribution in [2.75, 3.05) is 19.8 Å². The van der Waals surface area contributed by atoms with Gasteiger partial charge in [0.05, 0.1) is 5.56 Å². The monoisotopic (exact) mass is 368 g/mol. The molecule has 2 atom stereocenters. The van der Waals surface area contributed by atoms with Gasteiger partial charge in [0.15, 0.2) is 24.6 Å². The van der Waals surface area contributed by atoms with Gasteiger partial charge in [-0.1, -0.05) is 39.3 Å². The third-order valence-corrected chi connectivity index (χ3v) is 5.33. The highest BCUT2D eigenvalue weighted by molar-refractivity contribution is 6.30. The predicted octanol–water partition coefficient (Wildman–Crippen LogP) is 2.15. The van der Waals surface area contributed by atoms with Crippen LogP contribution in [0.15, 0.2) is 24.3 Å². The molecule has 2 saturated heterocycles. The lowest BCUT2D eigenvalue weighted by Crippen LogP contribution is -3.24. The first kappa shape index (κ1) is 18.6. The van der Waals surface area contributed by atoms with Crippen LogP contribution >= 0.6 is 11.6 Å². The lowest BCUT2D eigenvalue weighted by Gasteiger charge is -2.33. The molecule has 138 valence electrons. The lowest BCUT2D eigenvalue weighted by atomic mass is 9.99. The second kappa shape index (κ2) is 7.23. The summed E-state index contributed by atoms with van der Waals surface area (Å²) in [6.07, 6.45) is 0.119. The Kier molecular flexibility index (Phi) is 5.40. The van der Waals surface area contributed by atoms with Crippen molar-refractivity contribution in [3.63, 3.8) is 0 Å². The number of carbonyl (C=O) groups excluding carboxylic acids is 1. The zero-order valence-corrected chi connectivity index (χ0v) is 16.0. The van der Waals surface area contributed by atoms with Crippen LogP contribution in [0.25, 0.3) is 0 Å². The number of nitrogens with one attached hydrogen (secondary N) is 1. The van der Waals surface area contributed by atoms with Crippen LogP contribution in [0.1, 0.15) is 38.1 Å². The molecule has 1 N–H and O–H groups in total. The van der Waals surface area contributed by atoms with Crippen LogP contribution in [0.4, 0.5) is 0 Å². The molecule has 0 radical (unpaired) electrons. The lowest BCUT2D eigenvalue weighted by molar-refractivity contribution is -0.995. The van der Waals surface area contributed by atoms with E-state index in [0.717, 1.165) is 0 Å². The van der Waals surface area contributed by atoms with Gasteiger partial charge < -0.3 is 14.2 Å². The molecule has 0 unspecified atom stereocenters. The van der Waals surface area contributed by atoms with Gasteiger partial charge in [-0.05, 0) is 24.3 Å². The Morgan fingerprint density at radius 1 is 1.16 bits per heavy atom. The van der Waals surface area contributed by atoms with Gasteiger partial charge in [0.25, 0.3) is 0 Å². The van der Waals surface area contributed by atoms with Gasteiger partial charge >= 0.3 is 5.97 Å². The van der Waals surface area contributed by atoms with E-state index in [1.165, 1.54) is 4.90 Å². The molecule has 0 aromatic heterocycles. The highest BCUT2D eigenvalue weighted by Gasteiger charge is 2.62. The van der Waals surface area contributed by atoms with Crippen LogP contribution in [0, 0.1) is 11.8 Å². The van der Waals surface area contributed by atoms with E-state index in [4.69, 9.17) is 25.8 Å². The van der Waals surface area contributed by atoms with Gasteiger partial charge in [-0.25, -0.2) is 4.79 Å². The van der Waals surface area contributed by atoms with Crippen molar-refractivity contribution in [1.82, 2.24) is 0 Å². The van der Waals surface area contributed by atoms with Crippen LogP contribution in [0.2, 0.25) is 5.02 Å². The predicted molar refractivity (Wildman–Crippen MR) is 94.6 cm³/mol. The Balaban J connectivity index is 1.73. The third kappa shape index (κ3) is 3.56. The van der Waals surface area contributed by atoms with Crippen molar-refractivity contribution < 1.29 is 23.9 Å². The number of esters is 1. The molecule has 1 aromatic rings. The smallest absolute Gasteiger partial charge is 0.338 e. The second-order valence-electron chi connectivity index (χ2n) is 7.77. The van der Waals surface area contributed by atoms with Crippen LogP contribution < -0.4 is 4.90 Å². The first-order valence-corrected chi connectivity index (χ1v) is 9.25. The third-order valence-electron chi connectivity index (χ3n) is 5.07. The van der Waals surface area contributed by atoms with Gasteiger partial charge in [0.1, 0.15) is 13.2 Å². The molecular formula is C19H27ClNO4+. The van der Waals surface area contributed by atoms with E-state index in [-0.39, 0.29) is 30.6 Å². The summed E-state index contributed by atoms with van der Waals surface area (Å²) in [4.78, 5) is 13.6. The molecule has 0 bridgehead atoms. The molecule has 0 spiro atoms. The average Bonchev–Trinajstić information content (AvgIpc) is 3.10. The van der Waals surface area contributed by atoms with E-state index < -0.39 is 0 Å². The molecule has 6 heteroatoms. The Morgan fingerprint density at radius 2 is 1.68 bits per heavy atom. The summed E-state index contributed by atoms with van der Waals surface area (Å²) in [5.41, 5.74) is 0.174. The van der Waals surface area contributed by atoms with E-state index in [9.17, 15) is 4.79 Å². The fourth-order valence-electron chi connectivity index (χ4n) is 3.79. The number of rotatable bonds is 5. The molecule has 2 aliphatic rings. The maximum Gasteiger partial charge on any atom is 0.338 e. The number of ether oxygens (including phenoxy) is 3. The summed E-state index contributed by atoms with van der Waals surface area (Å²) < 4.78 is 17.8. The Hall–Kier alpha value is -1.14. The normalized spacial score (nSPS) is 31.6. The zero-order valence-electron chi connectivity index (χ0n) is 15.3. The van der Waals surface area contributed by atoms with E-state index >= 15 is 0 Å². The maximum absolute atomic E-state index is 12.4. The van der Waals surface area contributed by atoms with Gasteiger partial charge in [0, 0.05) is 16.9 Å². The second-order valence-corrected chi connectivity index (χ2v) is 8.21. The van der Waals surface area contributed by atoms with Crippen molar-refractivity contribution in [1.29, 1.82) is 0 Å². The van der Waals surface area contributed by atoms with E-state index in [0.29, 0.717) is 35.6 Å². The quantitative estimate of drug-likeness (QED) is 0.809. The summed E-state index contributed by atoms with van der Waals surface area (Å²) in [5, 5.41) is 0.596. The number of carbonyl (C=O) groups is 1. The number of hydrogen-bond donors (Lipinski definition) is 1. The van der Waals surface area contributed by atoms with E-state index in [1.807, 2.05) is 0 Å². The van der Waals surface area contributed by atoms with Crippen molar-refractivity contribution >= 4 is 17.6 Å². The molecule has 2 fully saturated rings. The first-order chi connectivity index (χ1) is 11.8.